The average molecular weight is 755 g/mol. The van der Waals surface area contributed by atoms with Gasteiger partial charge in [0.15, 0.2) is 0 Å². The Kier molecular flexibility index (Phi) is 11.3. The summed E-state index contributed by atoms with van der Waals surface area (Å²) in [6, 6.07) is 37.7. The van der Waals surface area contributed by atoms with Gasteiger partial charge in [-0.15, -0.1) is 0 Å². The summed E-state index contributed by atoms with van der Waals surface area (Å²) in [5.41, 5.74) is 15.0. The van der Waals surface area contributed by atoms with Crippen molar-refractivity contribution in [1.82, 2.24) is 0 Å². The molecule has 0 saturated heterocycles. The molecule has 0 bridgehead atoms. The molecule has 0 radical (unpaired) electrons. The molecule has 1 atom stereocenters. The maximum Gasteiger partial charge on any atom is -1.00 e. The van der Waals surface area contributed by atoms with Gasteiger partial charge in [0.25, 0.3) is 0 Å². The van der Waals surface area contributed by atoms with Gasteiger partial charge >= 0.3 is 288 Å². The maximum atomic E-state index is 2.62. The Morgan fingerprint density at radius 2 is 0.979 bits per heavy atom. The molecule has 48 heavy (non-hydrogen) atoms. The molecule has 0 amide bonds. The van der Waals surface area contributed by atoms with Crippen LogP contribution in [0.25, 0.3) is 11.1 Å². The van der Waals surface area contributed by atoms with Crippen molar-refractivity contribution in [3.8, 4) is 11.1 Å². The van der Waals surface area contributed by atoms with E-state index in [1.54, 1.807) is 28.8 Å². The molecular weight excluding hydrogens is 703 g/mol. The summed E-state index contributed by atoms with van der Waals surface area (Å²) in [7, 11) is 0. The number of fused-ring (bicyclic) bond motifs is 3. The quantitative estimate of drug-likeness (QED) is 0.235. The fourth-order valence-corrected chi connectivity index (χ4v) is 17.8. The van der Waals surface area contributed by atoms with E-state index in [4.69, 9.17) is 0 Å². The number of rotatable bonds is 4. The van der Waals surface area contributed by atoms with Gasteiger partial charge in [-0.25, -0.2) is 0 Å². The standard InChI is InChI=1S/C21H25.C13H10.C11H17.2ClH.Zr/c1-20(2,3)16-7-9-18-14(12-16)11-15-13-17(21(4,5)6)8-10-19(15)18;1-3-7-12(8-4-1)11-13-9-5-2-6-10-13;1-8-6-9(2)10(7-8)11(3,4)5;;;/h7-13H,1-6H3;1-10H;7-8H,1-5H3;2*1H;/q;;;;;+2/p-2. The Labute approximate surface area is 311 Å². The van der Waals surface area contributed by atoms with Gasteiger partial charge in [-0.05, 0) is 0 Å². The second kappa shape index (κ2) is 14.1. The van der Waals surface area contributed by atoms with Crippen molar-refractivity contribution >= 4 is 3.21 Å². The summed E-state index contributed by atoms with van der Waals surface area (Å²) in [5, 5.41) is 0. The molecule has 0 saturated carbocycles. The number of benzene rings is 4. The zero-order valence-corrected chi connectivity index (χ0v) is 34.7. The van der Waals surface area contributed by atoms with Gasteiger partial charge in [-0.3, -0.25) is 0 Å². The molecule has 0 heterocycles. The van der Waals surface area contributed by atoms with Crippen LogP contribution < -0.4 is 24.8 Å². The van der Waals surface area contributed by atoms with Gasteiger partial charge in [0.2, 0.25) is 0 Å². The van der Waals surface area contributed by atoms with Crippen LogP contribution in [0, 0.1) is 11.3 Å². The molecule has 2 aliphatic rings. The van der Waals surface area contributed by atoms with E-state index in [0.29, 0.717) is 9.54 Å². The predicted molar refractivity (Wildman–Crippen MR) is 197 cm³/mol. The Bertz CT molecular complexity index is 1780. The van der Waals surface area contributed by atoms with Crippen molar-refractivity contribution in [1.29, 1.82) is 0 Å². The van der Waals surface area contributed by atoms with Crippen LogP contribution in [0.15, 0.2) is 118 Å². The second-order valence-corrected chi connectivity index (χ2v) is 22.7. The predicted octanol–water partition coefficient (Wildman–Crippen LogP) is 6.14. The van der Waals surface area contributed by atoms with Crippen molar-refractivity contribution in [3.05, 3.63) is 151 Å². The van der Waals surface area contributed by atoms with E-state index in [2.05, 4.69) is 179 Å². The molecule has 3 heteroatoms. The molecular formula is C45H52Cl2Zr. The van der Waals surface area contributed by atoms with Crippen molar-refractivity contribution in [2.24, 2.45) is 11.3 Å². The first-order valence-corrected chi connectivity index (χ1v) is 21.0. The van der Waals surface area contributed by atoms with Gasteiger partial charge < -0.3 is 24.8 Å². The minimum atomic E-state index is -2.91. The molecule has 0 spiro atoms. The van der Waals surface area contributed by atoms with E-state index in [1.165, 1.54) is 33.4 Å². The summed E-state index contributed by atoms with van der Waals surface area (Å²) in [5.74, 6) is 0.426. The van der Waals surface area contributed by atoms with Crippen LogP contribution >= 0.6 is 0 Å². The Morgan fingerprint density at radius 1 is 0.562 bits per heavy atom. The molecule has 0 nitrogen and oxygen atoms in total. The molecule has 4 aromatic carbocycles. The Hall–Kier alpha value is -2.31. The largest absolute Gasteiger partial charge is 1.00 e. The fourth-order valence-electron chi connectivity index (χ4n) is 7.83. The number of allylic oxidation sites excluding steroid dienone is 4. The first-order valence-electron chi connectivity index (χ1n) is 17.2. The number of halogens is 2. The van der Waals surface area contributed by atoms with Crippen LogP contribution in [0.2, 0.25) is 0 Å². The first-order chi connectivity index (χ1) is 21.6. The smallest absolute Gasteiger partial charge is 1.00 e. The first kappa shape index (κ1) is 38.5. The van der Waals surface area contributed by atoms with Crippen LogP contribution in [0.4, 0.5) is 0 Å². The Balaban J connectivity index is 0.00000260. The molecule has 0 N–H and O–H groups in total. The van der Waals surface area contributed by atoms with E-state index < -0.39 is 21.3 Å². The van der Waals surface area contributed by atoms with E-state index in [1.807, 2.05) is 0 Å². The van der Waals surface area contributed by atoms with Crippen molar-refractivity contribution < 1.29 is 46.1 Å². The summed E-state index contributed by atoms with van der Waals surface area (Å²) in [4.78, 5) is 0. The third-order valence-corrected chi connectivity index (χ3v) is 19.4. The van der Waals surface area contributed by atoms with Gasteiger partial charge in [0.1, 0.15) is 0 Å². The maximum absolute atomic E-state index is 2.91. The second-order valence-electron chi connectivity index (χ2n) is 16.7. The van der Waals surface area contributed by atoms with Gasteiger partial charge in [-0.1, -0.05) is 0 Å². The normalized spacial score (nSPS) is 15.9. The Morgan fingerprint density at radius 3 is 1.33 bits per heavy atom. The molecule has 250 valence electrons. The summed E-state index contributed by atoms with van der Waals surface area (Å²) in [6.45, 7) is 26.3. The third-order valence-electron chi connectivity index (χ3n) is 10.2. The summed E-state index contributed by atoms with van der Waals surface area (Å²) in [6.07, 6.45) is 2.62. The SMILES string of the molecule is CC1=[C]([Zr+2](=[C](c2ccccc2)c2ccccc2)[CH]2c3cc(C(C)(C)C)ccc3-c3ccc(C(C)(C)C)cc32)C(C)C=C1C(C)(C)C.[Cl-].[Cl-]. The molecule has 0 aliphatic heterocycles. The van der Waals surface area contributed by atoms with Crippen LogP contribution in [0.3, 0.4) is 0 Å². The average Bonchev–Trinajstić information content (AvgIpc) is 3.48. The monoisotopic (exact) mass is 752 g/mol. The van der Waals surface area contributed by atoms with Crippen molar-refractivity contribution in [2.45, 2.75) is 90.6 Å². The molecule has 4 aromatic rings. The fraction of sp³-hybridized carbons (Fsp3) is 0.356. The van der Waals surface area contributed by atoms with E-state index >= 15 is 0 Å². The van der Waals surface area contributed by atoms with E-state index in [-0.39, 0.29) is 41.1 Å². The van der Waals surface area contributed by atoms with Gasteiger partial charge in [-0.2, -0.15) is 0 Å². The van der Waals surface area contributed by atoms with Crippen molar-refractivity contribution in [3.63, 3.8) is 0 Å². The third kappa shape index (κ3) is 7.13. The van der Waals surface area contributed by atoms with Crippen LogP contribution in [-0.4, -0.2) is 3.21 Å². The van der Waals surface area contributed by atoms with E-state index in [0.717, 1.165) is 0 Å². The molecule has 2 aliphatic carbocycles. The van der Waals surface area contributed by atoms with Crippen LogP contribution in [0.5, 0.6) is 0 Å². The van der Waals surface area contributed by atoms with Gasteiger partial charge in [0.05, 0.1) is 0 Å². The van der Waals surface area contributed by atoms with E-state index in [9.17, 15) is 0 Å². The zero-order chi connectivity index (χ0) is 33.2. The topological polar surface area (TPSA) is 0 Å². The number of hydrogen-bond acceptors (Lipinski definition) is 0. The zero-order valence-electron chi connectivity index (χ0n) is 30.7. The molecule has 6 rings (SSSR count). The minimum Gasteiger partial charge on any atom is -1.00 e. The molecule has 0 fully saturated rings. The minimum absolute atomic E-state index is 0. The number of hydrogen-bond donors (Lipinski definition) is 0. The molecule has 1 unspecified atom stereocenters. The summed E-state index contributed by atoms with van der Waals surface area (Å²) >= 11 is -2.91. The van der Waals surface area contributed by atoms with Gasteiger partial charge in [0, 0.05) is 0 Å². The molecule has 0 aromatic heterocycles. The van der Waals surface area contributed by atoms with Crippen LogP contribution in [0.1, 0.15) is 113 Å². The van der Waals surface area contributed by atoms with Crippen LogP contribution in [-0.2, 0) is 32.1 Å². The van der Waals surface area contributed by atoms with Crippen molar-refractivity contribution in [2.75, 3.05) is 0 Å². The summed E-state index contributed by atoms with van der Waals surface area (Å²) < 4.78 is 3.77.